The van der Waals surface area contributed by atoms with E-state index in [1.165, 1.54) is 0 Å². The Bertz CT molecular complexity index is 902. The number of benzene rings is 1. The van der Waals surface area contributed by atoms with Crippen LogP contribution in [0, 0.1) is 12.8 Å². The van der Waals surface area contributed by atoms with Crippen LogP contribution in [0.3, 0.4) is 0 Å². The molecule has 0 spiro atoms. The van der Waals surface area contributed by atoms with Crippen LogP contribution >= 0.6 is 0 Å². The number of aromatic nitrogens is 1. The molecule has 1 aromatic heterocycles. The smallest absolute Gasteiger partial charge is 0.251 e. The number of hydrogen-bond donors (Lipinski definition) is 1. The summed E-state index contributed by atoms with van der Waals surface area (Å²) >= 11 is 0. The Morgan fingerprint density at radius 2 is 2.04 bits per heavy atom. The van der Waals surface area contributed by atoms with Crippen molar-refractivity contribution in [3.8, 4) is 0 Å². The van der Waals surface area contributed by atoms with E-state index in [2.05, 4.69) is 11.9 Å². The fourth-order valence-corrected chi connectivity index (χ4v) is 5.31. The lowest BCUT2D eigenvalue weighted by Gasteiger charge is -2.25. The van der Waals surface area contributed by atoms with Crippen LogP contribution in [0.4, 0.5) is 0 Å². The summed E-state index contributed by atoms with van der Waals surface area (Å²) in [7, 11) is -3.51. The van der Waals surface area contributed by atoms with Gasteiger partial charge in [0.05, 0.1) is 4.90 Å². The largest absolute Gasteiger partial charge is 0.322 e. The van der Waals surface area contributed by atoms with Gasteiger partial charge in [0.25, 0.3) is 5.56 Å². The van der Waals surface area contributed by atoms with E-state index in [0.29, 0.717) is 28.4 Å². The van der Waals surface area contributed by atoms with Crippen molar-refractivity contribution in [1.82, 2.24) is 9.29 Å². The minimum Gasteiger partial charge on any atom is -0.322 e. The topological polar surface area (TPSA) is 70.2 Å². The molecule has 6 heteroatoms. The fraction of sp³-hybridized carbons (Fsp3) is 0.471. The van der Waals surface area contributed by atoms with Crippen LogP contribution in [0.5, 0.6) is 0 Å². The van der Waals surface area contributed by atoms with E-state index in [-0.39, 0.29) is 11.6 Å². The van der Waals surface area contributed by atoms with Gasteiger partial charge < -0.3 is 4.98 Å². The standard InChI is InChI=1S/C17H22N2O3S/c1-4-16-11(2)7-8-19(16)23(21,22)14-5-6-15-13(10-14)9-12(3)17(20)18-15/h5-6,9-11,16H,4,7-8H2,1-3H3,(H,18,20). The van der Waals surface area contributed by atoms with Gasteiger partial charge in [-0.15, -0.1) is 0 Å². The number of nitrogens with one attached hydrogen (secondary N) is 1. The maximum Gasteiger partial charge on any atom is 0.251 e. The molecule has 0 bridgehead atoms. The molecule has 23 heavy (non-hydrogen) atoms. The molecule has 3 rings (SSSR count). The number of H-pyrrole nitrogens is 1. The number of pyridine rings is 1. The Kier molecular flexibility index (Phi) is 4.06. The predicted octanol–water partition coefficient (Wildman–Crippen LogP) is 2.65. The number of nitrogens with zero attached hydrogens (tertiary/aromatic N) is 1. The summed E-state index contributed by atoms with van der Waals surface area (Å²) in [6.07, 6.45) is 1.72. The Balaban J connectivity index is 2.08. The van der Waals surface area contributed by atoms with Gasteiger partial charge in [-0.3, -0.25) is 4.79 Å². The number of aromatic amines is 1. The highest BCUT2D eigenvalue weighted by Crippen LogP contribution is 2.32. The first-order valence-electron chi connectivity index (χ1n) is 8.00. The Morgan fingerprint density at radius 1 is 1.30 bits per heavy atom. The Morgan fingerprint density at radius 3 is 2.74 bits per heavy atom. The molecule has 1 aliphatic heterocycles. The number of rotatable bonds is 3. The van der Waals surface area contributed by atoms with Gasteiger partial charge in [0.15, 0.2) is 0 Å². The van der Waals surface area contributed by atoms with Gasteiger partial charge in [-0.2, -0.15) is 4.31 Å². The maximum absolute atomic E-state index is 13.0. The third kappa shape index (κ3) is 2.70. The van der Waals surface area contributed by atoms with Crippen LogP contribution < -0.4 is 5.56 Å². The first-order chi connectivity index (χ1) is 10.8. The molecule has 0 amide bonds. The van der Waals surface area contributed by atoms with Crippen molar-refractivity contribution in [3.63, 3.8) is 0 Å². The van der Waals surface area contributed by atoms with E-state index in [4.69, 9.17) is 0 Å². The quantitative estimate of drug-likeness (QED) is 0.938. The van der Waals surface area contributed by atoms with Crippen LogP contribution in [-0.4, -0.2) is 30.3 Å². The molecule has 0 aliphatic carbocycles. The Labute approximate surface area is 136 Å². The molecule has 1 saturated heterocycles. The molecular weight excluding hydrogens is 312 g/mol. The summed E-state index contributed by atoms with van der Waals surface area (Å²) in [5, 5.41) is 0.739. The molecule has 2 atom stereocenters. The zero-order valence-electron chi connectivity index (χ0n) is 13.7. The van der Waals surface area contributed by atoms with Gasteiger partial charge >= 0.3 is 0 Å². The summed E-state index contributed by atoms with van der Waals surface area (Å²) in [5.74, 6) is 0.383. The molecule has 5 nitrogen and oxygen atoms in total. The van der Waals surface area contributed by atoms with Crippen LogP contribution in [0.1, 0.15) is 32.3 Å². The fourth-order valence-electron chi connectivity index (χ4n) is 3.47. The zero-order chi connectivity index (χ0) is 16.8. The van der Waals surface area contributed by atoms with Crippen molar-refractivity contribution in [2.45, 2.75) is 44.6 Å². The minimum absolute atomic E-state index is 0.0630. The molecule has 2 heterocycles. The summed E-state index contributed by atoms with van der Waals surface area (Å²) < 4.78 is 27.6. The van der Waals surface area contributed by atoms with E-state index in [1.54, 1.807) is 35.5 Å². The molecule has 0 radical (unpaired) electrons. The number of fused-ring (bicyclic) bond motifs is 1. The third-order valence-electron chi connectivity index (χ3n) is 4.86. The normalized spacial score (nSPS) is 22.7. The summed E-state index contributed by atoms with van der Waals surface area (Å²) in [5.41, 5.74) is 1.09. The monoisotopic (exact) mass is 334 g/mol. The van der Waals surface area contributed by atoms with Gasteiger partial charge in [-0.1, -0.05) is 13.8 Å². The lowest BCUT2D eigenvalue weighted by Crippen LogP contribution is -2.37. The molecule has 1 aromatic carbocycles. The maximum atomic E-state index is 13.0. The van der Waals surface area contributed by atoms with Crippen molar-refractivity contribution in [2.75, 3.05) is 6.54 Å². The highest BCUT2D eigenvalue weighted by molar-refractivity contribution is 7.89. The van der Waals surface area contributed by atoms with Gasteiger partial charge in [0.2, 0.25) is 10.0 Å². The van der Waals surface area contributed by atoms with Gasteiger partial charge in [-0.05, 0) is 55.3 Å². The lowest BCUT2D eigenvalue weighted by molar-refractivity contribution is 0.339. The van der Waals surface area contributed by atoms with Crippen molar-refractivity contribution >= 4 is 20.9 Å². The SMILES string of the molecule is CCC1C(C)CCN1S(=O)(=O)c1ccc2[nH]c(=O)c(C)cc2c1. The highest BCUT2D eigenvalue weighted by atomic mass is 32.2. The molecule has 2 aromatic rings. The second-order valence-electron chi connectivity index (χ2n) is 6.39. The number of aryl methyl sites for hydroxylation is 1. The zero-order valence-corrected chi connectivity index (χ0v) is 14.5. The van der Waals surface area contributed by atoms with Crippen LogP contribution in [0.2, 0.25) is 0 Å². The van der Waals surface area contributed by atoms with Crippen molar-refractivity contribution in [3.05, 3.63) is 40.2 Å². The molecule has 124 valence electrons. The Hall–Kier alpha value is -1.66. The first-order valence-corrected chi connectivity index (χ1v) is 9.44. The molecule has 1 fully saturated rings. The molecule has 1 aliphatic rings. The van der Waals surface area contributed by atoms with Crippen LogP contribution in [0.25, 0.3) is 10.9 Å². The van der Waals surface area contributed by atoms with Crippen molar-refractivity contribution in [1.29, 1.82) is 0 Å². The van der Waals surface area contributed by atoms with Gasteiger partial charge in [0.1, 0.15) is 0 Å². The van der Waals surface area contributed by atoms with Crippen LogP contribution in [-0.2, 0) is 10.0 Å². The van der Waals surface area contributed by atoms with E-state index in [0.717, 1.165) is 18.2 Å². The van der Waals surface area contributed by atoms with Crippen molar-refractivity contribution < 1.29 is 8.42 Å². The highest BCUT2D eigenvalue weighted by Gasteiger charge is 2.38. The summed E-state index contributed by atoms with van der Waals surface area (Å²) in [4.78, 5) is 14.7. The van der Waals surface area contributed by atoms with E-state index >= 15 is 0 Å². The van der Waals surface area contributed by atoms with Crippen LogP contribution in [0.15, 0.2) is 34.0 Å². The van der Waals surface area contributed by atoms with Crippen molar-refractivity contribution in [2.24, 2.45) is 5.92 Å². The average molecular weight is 334 g/mol. The minimum atomic E-state index is -3.51. The number of hydrogen-bond acceptors (Lipinski definition) is 3. The molecule has 0 saturated carbocycles. The van der Waals surface area contributed by atoms with Gasteiger partial charge in [0, 0.05) is 23.7 Å². The molecular formula is C17H22N2O3S. The summed E-state index contributed by atoms with van der Waals surface area (Å²) in [6, 6.07) is 6.70. The van der Waals surface area contributed by atoms with E-state index in [9.17, 15) is 13.2 Å². The third-order valence-corrected chi connectivity index (χ3v) is 6.78. The lowest BCUT2D eigenvalue weighted by atomic mass is 10.0. The number of sulfonamides is 1. The molecule has 2 unspecified atom stereocenters. The van der Waals surface area contributed by atoms with Gasteiger partial charge in [-0.25, -0.2) is 8.42 Å². The summed E-state index contributed by atoms with van der Waals surface area (Å²) in [6.45, 7) is 6.43. The second-order valence-corrected chi connectivity index (χ2v) is 8.28. The first kappa shape index (κ1) is 16.2. The predicted molar refractivity (Wildman–Crippen MR) is 91.1 cm³/mol. The van der Waals surface area contributed by atoms with E-state index in [1.807, 2.05) is 6.92 Å². The van der Waals surface area contributed by atoms with E-state index < -0.39 is 10.0 Å². The average Bonchev–Trinajstić information content (AvgIpc) is 2.89. The molecule has 1 N–H and O–H groups in total. The second kappa shape index (κ2) is 5.76.